The number of aryl methyl sites for hydroxylation is 1. The van der Waals surface area contributed by atoms with Crippen LogP contribution in [0.3, 0.4) is 0 Å². The van der Waals surface area contributed by atoms with E-state index in [-0.39, 0.29) is 5.95 Å². The summed E-state index contributed by atoms with van der Waals surface area (Å²) in [6.07, 6.45) is 0. The molecule has 0 saturated carbocycles. The lowest BCUT2D eigenvalue weighted by molar-refractivity contribution is -0.128. The summed E-state index contributed by atoms with van der Waals surface area (Å²) in [5.74, 6) is 0.591. The van der Waals surface area contributed by atoms with Gasteiger partial charge in [-0.05, 0) is 45.0 Å². The number of nitrogens with zero attached hydrogens (tertiary/aromatic N) is 3. The highest BCUT2D eigenvalue weighted by atomic mass is 16.5. The highest BCUT2D eigenvalue weighted by molar-refractivity contribution is 5.95. The van der Waals surface area contributed by atoms with Gasteiger partial charge in [-0.2, -0.15) is 10.2 Å². The summed E-state index contributed by atoms with van der Waals surface area (Å²) in [6, 6.07) is 10.2. The second-order valence-electron chi connectivity index (χ2n) is 5.58. The van der Waals surface area contributed by atoms with Crippen molar-refractivity contribution in [3.63, 3.8) is 0 Å². The van der Waals surface area contributed by atoms with Crippen LogP contribution < -0.4 is 14.8 Å². The number of hydrogen-bond donors (Lipinski definition) is 1. The molecule has 1 N–H and O–H groups in total. The van der Waals surface area contributed by atoms with Crippen molar-refractivity contribution in [3.05, 3.63) is 41.6 Å². The summed E-state index contributed by atoms with van der Waals surface area (Å²) < 4.78 is 10.8. The number of nitrogens with one attached hydrogen (secondary N) is 1. The molecule has 0 aliphatic heterocycles. The van der Waals surface area contributed by atoms with Crippen molar-refractivity contribution in [2.45, 2.75) is 26.4 Å². The minimum atomic E-state index is -1.16. The number of ether oxygens (including phenoxy) is 2. The van der Waals surface area contributed by atoms with Crippen molar-refractivity contribution in [3.8, 4) is 17.7 Å². The van der Waals surface area contributed by atoms with E-state index in [1.807, 2.05) is 6.07 Å². The molecule has 1 heterocycles. The maximum absolute atomic E-state index is 12.5. The van der Waals surface area contributed by atoms with Crippen molar-refractivity contribution in [1.82, 2.24) is 9.97 Å². The monoisotopic (exact) mass is 326 g/mol. The number of anilines is 1. The molecule has 0 aliphatic carbocycles. The molecule has 124 valence electrons. The molecule has 0 bridgehead atoms. The average Bonchev–Trinajstić information content (AvgIpc) is 2.54. The van der Waals surface area contributed by atoms with Gasteiger partial charge in [0.1, 0.15) is 5.75 Å². The maximum Gasteiger partial charge on any atom is 0.270 e. The Morgan fingerprint density at radius 3 is 2.50 bits per heavy atom. The van der Waals surface area contributed by atoms with E-state index in [0.29, 0.717) is 22.9 Å². The van der Waals surface area contributed by atoms with Gasteiger partial charge < -0.3 is 9.47 Å². The molecular weight excluding hydrogens is 308 g/mol. The summed E-state index contributed by atoms with van der Waals surface area (Å²) in [5.41, 5.74) is 0.0296. The molecule has 0 aliphatic rings. The number of nitriles is 1. The minimum Gasteiger partial charge on any atom is -0.481 e. The topological polar surface area (TPSA) is 97.1 Å². The number of aromatic nitrogens is 2. The normalized spacial score (nSPS) is 10.6. The quantitative estimate of drug-likeness (QED) is 0.906. The van der Waals surface area contributed by atoms with E-state index in [2.05, 4.69) is 15.3 Å². The summed E-state index contributed by atoms with van der Waals surface area (Å²) in [5, 5.41) is 11.4. The van der Waals surface area contributed by atoms with Crippen LogP contribution in [0.15, 0.2) is 30.3 Å². The molecule has 2 aromatic rings. The third-order valence-electron chi connectivity index (χ3n) is 3.17. The van der Waals surface area contributed by atoms with Gasteiger partial charge >= 0.3 is 0 Å². The summed E-state index contributed by atoms with van der Waals surface area (Å²) in [4.78, 5) is 20.7. The zero-order chi connectivity index (χ0) is 17.7. The number of benzene rings is 1. The Bertz CT molecular complexity index is 779. The second kappa shape index (κ2) is 6.96. The SMILES string of the molecule is COc1cc(C)nc(NC(=O)C(C)(C)Oc2ccc(C#N)cc2)n1. The highest BCUT2D eigenvalue weighted by Gasteiger charge is 2.30. The van der Waals surface area contributed by atoms with Gasteiger partial charge in [0.05, 0.1) is 18.7 Å². The third kappa shape index (κ3) is 4.20. The summed E-state index contributed by atoms with van der Waals surface area (Å²) in [7, 11) is 1.49. The van der Waals surface area contributed by atoms with Crippen LogP contribution in [0.2, 0.25) is 0 Å². The van der Waals surface area contributed by atoms with Crippen molar-refractivity contribution in [1.29, 1.82) is 5.26 Å². The number of carbonyl (C=O) groups is 1. The van der Waals surface area contributed by atoms with E-state index >= 15 is 0 Å². The van der Waals surface area contributed by atoms with E-state index < -0.39 is 11.5 Å². The first kappa shape index (κ1) is 17.2. The Morgan fingerprint density at radius 2 is 1.92 bits per heavy atom. The Kier molecular flexibility index (Phi) is 4.99. The number of hydrogen-bond acceptors (Lipinski definition) is 6. The molecule has 0 saturated heterocycles. The standard InChI is InChI=1S/C17H18N4O3/c1-11-9-14(23-4)20-16(19-11)21-15(22)17(2,3)24-13-7-5-12(10-18)6-8-13/h5-9H,1-4H3,(H,19,20,21,22). The number of amides is 1. The van der Waals surface area contributed by atoms with Crippen LogP contribution in [0.25, 0.3) is 0 Å². The molecule has 24 heavy (non-hydrogen) atoms. The first-order chi connectivity index (χ1) is 11.3. The zero-order valence-corrected chi connectivity index (χ0v) is 14.0. The van der Waals surface area contributed by atoms with Crippen LogP contribution in [0.5, 0.6) is 11.6 Å². The average molecular weight is 326 g/mol. The molecule has 1 amide bonds. The smallest absolute Gasteiger partial charge is 0.270 e. The van der Waals surface area contributed by atoms with E-state index in [9.17, 15) is 4.79 Å². The van der Waals surface area contributed by atoms with Gasteiger partial charge in [-0.1, -0.05) is 0 Å². The van der Waals surface area contributed by atoms with Crippen molar-refractivity contribution in [2.24, 2.45) is 0 Å². The Labute approximate surface area is 140 Å². The maximum atomic E-state index is 12.5. The van der Waals surface area contributed by atoms with Gasteiger partial charge in [-0.25, -0.2) is 4.98 Å². The first-order valence-corrected chi connectivity index (χ1v) is 7.24. The summed E-state index contributed by atoms with van der Waals surface area (Å²) in [6.45, 7) is 5.04. The largest absolute Gasteiger partial charge is 0.481 e. The van der Waals surface area contributed by atoms with Gasteiger partial charge in [-0.3, -0.25) is 10.1 Å². The predicted octanol–water partition coefficient (Wildman–Crippen LogP) is 2.46. The van der Waals surface area contributed by atoms with Crippen LogP contribution in [-0.4, -0.2) is 28.6 Å². The molecular formula is C17H18N4O3. The fourth-order valence-electron chi connectivity index (χ4n) is 1.89. The Hall–Kier alpha value is -3.14. The second-order valence-corrected chi connectivity index (χ2v) is 5.58. The predicted molar refractivity (Wildman–Crippen MR) is 87.8 cm³/mol. The van der Waals surface area contributed by atoms with Crippen molar-refractivity contribution in [2.75, 3.05) is 12.4 Å². The van der Waals surface area contributed by atoms with Gasteiger partial charge in [0.15, 0.2) is 5.60 Å². The number of rotatable bonds is 5. The Balaban J connectivity index is 2.12. The van der Waals surface area contributed by atoms with Crippen LogP contribution in [0.4, 0.5) is 5.95 Å². The molecule has 0 unspecified atom stereocenters. The van der Waals surface area contributed by atoms with Crippen LogP contribution in [0, 0.1) is 18.3 Å². The van der Waals surface area contributed by atoms with Crippen LogP contribution >= 0.6 is 0 Å². The molecule has 0 atom stereocenters. The van der Waals surface area contributed by atoms with Crippen molar-refractivity contribution >= 4 is 11.9 Å². The van der Waals surface area contributed by atoms with Crippen LogP contribution in [0.1, 0.15) is 25.1 Å². The molecule has 0 radical (unpaired) electrons. The van der Waals surface area contributed by atoms with Crippen LogP contribution in [-0.2, 0) is 4.79 Å². The number of carbonyl (C=O) groups excluding carboxylic acids is 1. The first-order valence-electron chi connectivity index (χ1n) is 7.24. The molecule has 7 nitrogen and oxygen atoms in total. The fraction of sp³-hybridized carbons (Fsp3) is 0.294. The molecule has 0 fully saturated rings. The van der Waals surface area contributed by atoms with E-state index in [1.165, 1.54) is 7.11 Å². The van der Waals surface area contributed by atoms with Gasteiger partial charge in [0, 0.05) is 11.8 Å². The minimum absolute atomic E-state index is 0.147. The fourth-order valence-corrected chi connectivity index (χ4v) is 1.89. The lowest BCUT2D eigenvalue weighted by atomic mass is 10.1. The number of methoxy groups -OCH3 is 1. The van der Waals surface area contributed by atoms with E-state index in [0.717, 1.165) is 0 Å². The lowest BCUT2D eigenvalue weighted by Gasteiger charge is -2.25. The van der Waals surface area contributed by atoms with Gasteiger partial charge in [0.2, 0.25) is 11.8 Å². The highest BCUT2D eigenvalue weighted by Crippen LogP contribution is 2.20. The van der Waals surface area contributed by atoms with Crippen molar-refractivity contribution < 1.29 is 14.3 Å². The third-order valence-corrected chi connectivity index (χ3v) is 3.17. The molecule has 1 aromatic carbocycles. The van der Waals surface area contributed by atoms with Gasteiger partial charge in [-0.15, -0.1) is 0 Å². The molecule has 0 spiro atoms. The van der Waals surface area contributed by atoms with E-state index in [4.69, 9.17) is 14.7 Å². The van der Waals surface area contributed by atoms with Gasteiger partial charge in [0.25, 0.3) is 5.91 Å². The Morgan fingerprint density at radius 1 is 1.25 bits per heavy atom. The molecule has 7 heteroatoms. The lowest BCUT2D eigenvalue weighted by Crippen LogP contribution is -2.42. The molecule has 1 aromatic heterocycles. The molecule has 2 rings (SSSR count). The zero-order valence-electron chi connectivity index (χ0n) is 14.0. The van der Waals surface area contributed by atoms with E-state index in [1.54, 1.807) is 51.1 Å². The summed E-state index contributed by atoms with van der Waals surface area (Å²) >= 11 is 0.